The first kappa shape index (κ1) is 16.7. The summed E-state index contributed by atoms with van der Waals surface area (Å²) in [6.45, 7) is 3.76. The number of carbonyl (C=O) groups is 1. The van der Waals surface area contributed by atoms with E-state index in [2.05, 4.69) is 0 Å². The average molecular weight is 339 g/mol. The van der Waals surface area contributed by atoms with Crippen molar-refractivity contribution in [1.29, 1.82) is 0 Å². The monoisotopic (exact) mass is 339 g/mol. The van der Waals surface area contributed by atoms with Crippen molar-refractivity contribution < 1.29 is 18.3 Å². The zero-order chi connectivity index (χ0) is 16.5. The Labute approximate surface area is 133 Å². The number of aromatic carboxylic acids is 1. The van der Waals surface area contributed by atoms with Gasteiger partial charge in [0, 0.05) is 18.5 Å². The molecule has 22 heavy (non-hydrogen) atoms. The molecule has 0 radical (unpaired) electrons. The lowest BCUT2D eigenvalue weighted by atomic mass is 10.1. The first-order valence-electron chi connectivity index (χ1n) is 6.60. The highest BCUT2D eigenvalue weighted by Gasteiger charge is 2.28. The smallest absolute Gasteiger partial charge is 0.345 e. The van der Waals surface area contributed by atoms with Crippen LogP contribution < -0.4 is 0 Å². The molecule has 1 N–H and O–H groups in total. The number of thiophene rings is 1. The van der Waals surface area contributed by atoms with E-state index in [9.17, 15) is 13.2 Å². The molecule has 1 unspecified atom stereocenters. The Kier molecular flexibility index (Phi) is 4.69. The molecule has 7 heteroatoms. The highest BCUT2D eigenvalue weighted by atomic mass is 32.2. The maximum absolute atomic E-state index is 12.6. The highest BCUT2D eigenvalue weighted by molar-refractivity contribution is 7.89. The highest BCUT2D eigenvalue weighted by Crippen LogP contribution is 2.28. The molecule has 0 bridgehead atoms. The van der Waals surface area contributed by atoms with Gasteiger partial charge in [-0.1, -0.05) is 29.8 Å². The molecule has 1 aromatic heterocycles. The van der Waals surface area contributed by atoms with Crippen LogP contribution in [0.5, 0.6) is 0 Å². The molecule has 5 nitrogen and oxygen atoms in total. The van der Waals surface area contributed by atoms with Crippen LogP contribution in [0, 0.1) is 6.92 Å². The van der Waals surface area contributed by atoms with Crippen molar-refractivity contribution in [1.82, 2.24) is 4.31 Å². The fourth-order valence-corrected chi connectivity index (χ4v) is 4.45. The minimum Gasteiger partial charge on any atom is -0.477 e. The molecule has 0 spiro atoms. The minimum absolute atomic E-state index is 0.00923. The zero-order valence-corrected chi connectivity index (χ0v) is 14.1. The Balaban J connectivity index is 2.31. The second-order valence-corrected chi connectivity index (χ2v) is 7.97. The van der Waals surface area contributed by atoms with E-state index < -0.39 is 16.0 Å². The third kappa shape index (κ3) is 3.21. The van der Waals surface area contributed by atoms with Crippen molar-refractivity contribution in [2.24, 2.45) is 0 Å². The number of aryl methyl sites for hydroxylation is 1. The van der Waals surface area contributed by atoms with Crippen LogP contribution >= 0.6 is 11.3 Å². The molecule has 0 saturated heterocycles. The molecule has 1 heterocycles. The lowest BCUT2D eigenvalue weighted by Crippen LogP contribution is -2.29. The molecule has 2 rings (SSSR count). The van der Waals surface area contributed by atoms with Gasteiger partial charge in [0.25, 0.3) is 0 Å². The van der Waals surface area contributed by atoms with Gasteiger partial charge >= 0.3 is 5.97 Å². The Hall–Kier alpha value is -1.70. The summed E-state index contributed by atoms with van der Waals surface area (Å²) in [4.78, 5) is 10.9. The molecule has 0 aliphatic carbocycles. The molecule has 2 aromatic rings. The quantitative estimate of drug-likeness (QED) is 0.908. The maximum atomic E-state index is 12.6. The second kappa shape index (κ2) is 6.20. The normalized spacial score (nSPS) is 13.3. The number of rotatable bonds is 5. The third-order valence-electron chi connectivity index (χ3n) is 3.57. The Morgan fingerprint density at radius 1 is 1.27 bits per heavy atom. The van der Waals surface area contributed by atoms with Crippen molar-refractivity contribution >= 4 is 27.3 Å². The molecule has 0 aliphatic heterocycles. The van der Waals surface area contributed by atoms with Crippen molar-refractivity contribution in [2.75, 3.05) is 7.05 Å². The fourth-order valence-electron chi connectivity index (χ4n) is 2.00. The molecule has 0 saturated carbocycles. The zero-order valence-electron chi connectivity index (χ0n) is 12.5. The summed E-state index contributed by atoms with van der Waals surface area (Å²) in [5, 5.41) is 10.3. The number of benzene rings is 1. The van der Waals surface area contributed by atoms with Gasteiger partial charge in [0.05, 0.1) is 4.90 Å². The van der Waals surface area contributed by atoms with Gasteiger partial charge in [0.2, 0.25) is 10.0 Å². The van der Waals surface area contributed by atoms with Gasteiger partial charge in [-0.2, -0.15) is 4.31 Å². The SMILES string of the molecule is Cc1ccc(C(C)N(C)S(=O)(=O)c2csc(C(=O)O)c2)cc1. The number of nitrogens with zero attached hydrogens (tertiary/aromatic N) is 1. The van der Waals surface area contributed by atoms with Gasteiger partial charge in [-0.3, -0.25) is 0 Å². The Morgan fingerprint density at radius 3 is 2.36 bits per heavy atom. The van der Waals surface area contributed by atoms with Crippen LogP contribution in [0.1, 0.15) is 33.8 Å². The van der Waals surface area contributed by atoms with Crippen LogP contribution in [0.25, 0.3) is 0 Å². The van der Waals surface area contributed by atoms with Crippen molar-refractivity contribution in [3.63, 3.8) is 0 Å². The van der Waals surface area contributed by atoms with Crippen molar-refractivity contribution in [3.8, 4) is 0 Å². The number of hydrogen-bond donors (Lipinski definition) is 1. The van der Waals surface area contributed by atoms with Crippen molar-refractivity contribution in [2.45, 2.75) is 24.8 Å². The summed E-state index contributed by atoms with van der Waals surface area (Å²) < 4.78 is 26.4. The number of hydrogen-bond acceptors (Lipinski definition) is 4. The van der Waals surface area contributed by atoms with E-state index >= 15 is 0 Å². The van der Waals surface area contributed by atoms with Crippen LogP contribution in [0.3, 0.4) is 0 Å². The summed E-state index contributed by atoms with van der Waals surface area (Å²) in [6, 6.07) is 8.49. The van der Waals surface area contributed by atoms with Crippen LogP contribution in [0.4, 0.5) is 0 Å². The summed E-state index contributed by atoms with van der Waals surface area (Å²) in [5.74, 6) is -1.12. The summed E-state index contributed by atoms with van der Waals surface area (Å²) >= 11 is 0.906. The minimum atomic E-state index is -3.73. The number of carboxylic acids is 1. The second-order valence-electron chi connectivity index (χ2n) is 5.06. The van der Waals surface area contributed by atoms with Gasteiger partial charge in [-0.15, -0.1) is 11.3 Å². The molecule has 1 atom stereocenters. The van der Waals surface area contributed by atoms with E-state index in [0.29, 0.717) is 0 Å². The van der Waals surface area contributed by atoms with Gasteiger partial charge in [0.1, 0.15) is 4.88 Å². The first-order valence-corrected chi connectivity index (χ1v) is 8.92. The first-order chi connectivity index (χ1) is 10.2. The van der Waals surface area contributed by atoms with E-state index in [1.54, 1.807) is 6.92 Å². The topological polar surface area (TPSA) is 74.7 Å². The molecular formula is C15H17NO4S2. The lowest BCUT2D eigenvalue weighted by Gasteiger charge is -2.24. The van der Waals surface area contributed by atoms with Crippen LogP contribution in [0.2, 0.25) is 0 Å². The summed E-state index contributed by atoms with van der Waals surface area (Å²) in [7, 11) is -2.23. The average Bonchev–Trinajstić information content (AvgIpc) is 2.97. The molecule has 0 amide bonds. The standard InChI is InChI=1S/C15H17NO4S2/c1-10-4-6-12(7-5-10)11(2)16(3)22(19,20)13-8-14(15(17)18)21-9-13/h4-9,11H,1-3H3,(H,17,18). The largest absolute Gasteiger partial charge is 0.477 e. The number of carboxylic acid groups (broad SMARTS) is 1. The van der Waals surface area contributed by atoms with E-state index in [4.69, 9.17) is 5.11 Å². The molecule has 0 aliphatic rings. The molecular weight excluding hydrogens is 322 g/mol. The third-order valence-corrected chi connectivity index (χ3v) is 6.54. The van der Waals surface area contributed by atoms with E-state index in [1.165, 1.54) is 22.8 Å². The summed E-state index contributed by atoms with van der Waals surface area (Å²) in [5.41, 5.74) is 1.98. The van der Waals surface area contributed by atoms with E-state index in [-0.39, 0.29) is 15.8 Å². The van der Waals surface area contributed by atoms with E-state index in [0.717, 1.165) is 22.5 Å². The predicted octanol–water partition coefficient (Wildman–Crippen LogP) is 3.14. The lowest BCUT2D eigenvalue weighted by molar-refractivity contribution is 0.0702. The van der Waals surface area contributed by atoms with Gasteiger partial charge in [0.15, 0.2) is 0 Å². The van der Waals surface area contributed by atoms with Gasteiger partial charge in [-0.05, 0) is 25.5 Å². The Morgan fingerprint density at radius 2 is 1.86 bits per heavy atom. The van der Waals surface area contributed by atoms with Crippen LogP contribution in [-0.4, -0.2) is 30.8 Å². The van der Waals surface area contributed by atoms with Crippen LogP contribution in [-0.2, 0) is 10.0 Å². The Bertz CT molecular complexity index is 778. The number of sulfonamides is 1. The molecule has 0 fully saturated rings. The summed E-state index contributed by atoms with van der Waals surface area (Å²) in [6.07, 6.45) is 0. The van der Waals surface area contributed by atoms with Gasteiger partial charge < -0.3 is 5.11 Å². The molecule has 1 aromatic carbocycles. The van der Waals surface area contributed by atoms with E-state index in [1.807, 2.05) is 31.2 Å². The van der Waals surface area contributed by atoms with Crippen molar-refractivity contribution in [3.05, 3.63) is 51.7 Å². The maximum Gasteiger partial charge on any atom is 0.345 e. The predicted molar refractivity (Wildman–Crippen MR) is 85.8 cm³/mol. The van der Waals surface area contributed by atoms with Gasteiger partial charge in [-0.25, -0.2) is 13.2 Å². The molecule has 118 valence electrons. The van der Waals surface area contributed by atoms with Crippen LogP contribution in [0.15, 0.2) is 40.6 Å². The fraction of sp³-hybridized carbons (Fsp3) is 0.267.